The SMILES string of the molecule is C=CCC1CCC(CCC=O)CC1. The van der Waals surface area contributed by atoms with Gasteiger partial charge in [0, 0.05) is 6.42 Å². The van der Waals surface area contributed by atoms with Gasteiger partial charge in [-0.3, -0.25) is 0 Å². The van der Waals surface area contributed by atoms with Gasteiger partial charge >= 0.3 is 0 Å². The Kier molecular flexibility index (Phi) is 4.81. The smallest absolute Gasteiger partial charge is 0.120 e. The molecule has 1 rings (SSSR count). The van der Waals surface area contributed by atoms with Gasteiger partial charge in [-0.05, 0) is 37.5 Å². The number of rotatable bonds is 5. The molecule has 0 heterocycles. The molecule has 0 atom stereocenters. The first kappa shape index (κ1) is 10.5. The molecule has 1 nitrogen and oxygen atoms in total. The molecule has 1 heteroatoms. The average Bonchev–Trinajstić information content (AvgIpc) is 2.17. The van der Waals surface area contributed by atoms with Crippen molar-refractivity contribution in [2.45, 2.75) is 44.9 Å². The van der Waals surface area contributed by atoms with Crippen molar-refractivity contribution < 1.29 is 4.79 Å². The molecule has 74 valence electrons. The van der Waals surface area contributed by atoms with Crippen LogP contribution < -0.4 is 0 Å². The third-order valence-electron chi connectivity index (χ3n) is 3.16. The van der Waals surface area contributed by atoms with Crippen molar-refractivity contribution >= 4 is 6.29 Å². The van der Waals surface area contributed by atoms with Gasteiger partial charge in [-0.1, -0.05) is 18.9 Å². The highest BCUT2D eigenvalue weighted by Gasteiger charge is 2.19. The summed E-state index contributed by atoms with van der Waals surface area (Å²) in [5.74, 6) is 1.70. The Morgan fingerprint density at radius 3 is 2.31 bits per heavy atom. The molecule has 0 radical (unpaired) electrons. The lowest BCUT2D eigenvalue weighted by Crippen LogP contribution is -2.14. The van der Waals surface area contributed by atoms with Gasteiger partial charge in [0.05, 0.1) is 0 Å². The summed E-state index contributed by atoms with van der Waals surface area (Å²) in [5, 5.41) is 0. The minimum Gasteiger partial charge on any atom is -0.303 e. The molecule has 0 spiro atoms. The highest BCUT2D eigenvalue weighted by molar-refractivity contribution is 5.49. The number of carbonyl (C=O) groups is 1. The van der Waals surface area contributed by atoms with E-state index < -0.39 is 0 Å². The zero-order valence-electron chi connectivity index (χ0n) is 8.37. The predicted octanol–water partition coefficient (Wildman–Crippen LogP) is 3.35. The summed E-state index contributed by atoms with van der Waals surface area (Å²) in [6, 6.07) is 0. The fourth-order valence-electron chi connectivity index (χ4n) is 2.30. The van der Waals surface area contributed by atoms with Crippen LogP contribution in [0.15, 0.2) is 12.7 Å². The minimum atomic E-state index is 0.761. The zero-order chi connectivity index (χ0) is 9.52. The highest BCUT2D eigenvalue weighted by atomic mass is 16.1. The van der Waals surface area contributed by atoms with E-state index in [0.29, 0.717) is 0 Å². The van der Waals surface area contributed by atoms with Gasteiger partial charge in [0.25, 0.3) is 0 Å². The van der Waals surface area contributed by atoms with Crippen LogP contribution in [0.25, 0.3) is 0 Å². The summed E-state index contributed by atoms with van der Waals surface area (Å²) in [6.07, 6.45) is 11.5. The summed E-state index contributed by atoms with van der Waals surface area (Å²) in [4.78, 5) is 10.2. The van der Waals surface area contributed by atoms with Crippen LogP contribution in [0, 0.1) is 11.8 Å². The summed E-state index contributed by atoms with van der Waals surface area (Å²) >= 11 is 0. The maximum Gasteiger partial charge on any atom is 0.120 e. The van der Waals surface area contributed by atoms with Crippen molar-refractivity contribution in [2.75, 3.05) is 0 Å². The van der Waals surface area contributed by atoms with Crippen LogP contribution in [0.3, 0.4) is 0 Å². The number of carbonyl (C=O) groups excluding carboxylic acids is 1. The molecule has 1 aliphatic carbocycles. The predicted molar refractivity (Wildman–Crippen MR) is 55.6 cm³/mol. The van der Waals surface area contributed by atoms with Gasteiger partial charge in [-0.15, -0.1) is 6.58 Å². The van der Waals surface area contributed by atoms with Crippen LogP contribution in [0.4, 0.5) is 0 Å². The van der Waals surface area contributed by atoms with Crippen LogP contribution in [0.1, 0.15) is 44.9 Å². The number of aldehydes is 1. The van der Waals surface area contributed by atoms with Crippen molar-refractivity contribution in [3.05, 3.63) is 12.7 Å². The Balaban J connectivity index is 2.14. The van der Waals surface area contributed by atoms with Gasteiger partial charge < -0.3 is 4.79 Å². The van der Waals surface area contributed by atoms with Crippen molar-refractivity contribution in [3.8, 4) is 0 Å². The van der Waals surface area contributed by atoms with Gasteiger partial charge in [0.15, 0.2) is 0 Å². The number of hydrogen-bond donors (Lipinski definition) is 0. The van der Waals surface area contributed by atoms with E-state index in [9.17, 15) is 4.79 Å². The van der Waals surface area contributed by atoms with Gasteiger partial charge in [-0.2, -0.15) is 0 Å². The van der Waals surface area contributed by atoms with E-state index in [1.807, 2.05) is 6.08 Å². The van der Waals surface area contributed by atoms with Crippen LogP contribution in [-0.2, 0) is 4.79 Å². The van der Waals surface area contributed by atoms with Gasteiger partial charge in [0.2, 0.25) is 0 Å². The zero-order valence-corrected chi connectivity index (χ0v) is 8.37. The normalized spacial score (nSPS) is 28.3. The van der Waals surface area contributed by atoms with E-state index in [2.05, 4.69) is 6.58 Å². The summed E-state index contributed by atoms with van der Waals surface area (Å²) in [6.45, 7) is 3.78. The van der Waals surface area contributed by atoms with Crippen molar-refractivity contribution in [2.24, 2.45) is 11.8 Å². The maximum atomic E-state index is 10.2. The molecule has 0 aromatic rings. The van der Waals surface area contributed by atoms with E-state index in [1.54, 1.807) is 0 Å². The molecule has 0 aliphatic heterocycles. The van der Waals surface area contributed by atoms with Crippen LogP contribution in [-0.4, -0.2) is 6.29 Å². The Bertz CT molecular complexity index is 155. The molecule has 0 bridgehead atoms. The van der Waals surface area contributed by atoms with E-state index in [1.165, 1.54) is 32.1 Å². The molecular weight excluding hydrogens is 160 g/mol. The quantitative estimate of drug-likeness (QED) is 0.468. The lowest BCUT2D eigenvalue weighted by Gasteiger charge is -2.27. The van der Waals surface area contributed by atoms with Crippen LogP contribution in [0.2, 0.25) is 0 Å². The molecule has 0 saturated heterocycles. The molecule has 0 unspecified atom stereocenters. The Labute approximate surface area is 81.2 Å². The monoisotopic (exact) mass is 180 g/mol. The standard InChI is InChI=1S/C12H20O/c1-2-4-11-6-8-12(9-7-11)5-3-10-13/h2,10-12H,1,3-9H2. The minimum absolute atomic E-state index is 0.761. The van der Waals surface area contributed by atoms with Crippen molar-refractivity contribution in [3.63, 3.8) is 0 Å². The van der Waals surface area contributed by atoms with E-state index in [0.717, 1.165) is 31.0 Å². The molecule has 0 aromatic carbocycles. The molecular formula is C12H20O. The third kappa shape index (κ3) is 3.75. The maximum absolute atomic E-state index is 10.2. The Morgan fingerprint density at radius 1 is 1.15 bits per heavy atom. The first-order chi connectivity index (χ1) is 6.36. The van der Waals surface area contributed by atoms with Crippen molar-refractivity contribution in [1.82, 2.24) is 0 Å². The second-order valence-electron chi connectivity index (χ2n) is 4.16. The average molecular weight is 180 g/mol. The van der Waals surface area contributed by atoms with Gasteiger partial charge in [0.1, 0.15) is 6.29 Å². The van der Waals surface area contributed by atoms with E-state index in [4.69, 9.17) is 0 Å². The lowest BCUT2D eigenvalue weighted by atomic mass is 9.79. The first-order valence-electron chi connectivity index (χ1n) is 5.41. The topological polar surface area (TPSA) is 17.1 Å². The highest BCUT2D eigenvalue weighted by Crippen LogP contribution is 2.32. The second kappa shape index (κ2) is 5.95. The largest absolute Gasteiger partial charge is 0.303 e. The second-order valence-corrected chi connectivity index (χ2v) is 4.16. The number of hydrogen-bond acceptors (Lipinski definition) is 1. The molecule has 0 N–H and O–H groups in total. The Morgan fingerprint density at radius 2 is 1.77 bits per heavy atom. The molecule has 1 saturated carbocycles. The molecule has 13 heavy (non-hydrogen) atoms. The fourth-order valence-corrected chi connectivity index (χ4v) is 2.30. The van der Waals surface area contributed by atoms with Crippen LogP contribution in [0.5, 0.6) is 0 Å². The molecule has 0 aromatic heterocycles. The first-order valence-corrected chi connectivity index (χ1v) is 5.41. The molecule has 1 aliphatic rings. The van der Waals surface area contributed by atoms with Gasteiger partial charge in [-0.25, -0.2) is 0 Å². The number of allylic oxidation sites excluding steroid dienone is 1. The summed E-state index contributed by atoms with van der Waals surface area (Å²) in [7, 11) is 0. The molecule has 1 fully saturated rings. The van der Waals surface area contributed by atoms with Crippen LogP contribution >= 0.6 is 0 Å². The lowest BCUT2D eigenvalue weighted by molar-refractivity contribution is -0.108. The van der Waals surface area contributed by atoms with E-state index >= 15 is 0 Å². The third-order valence-corrected chi connectivity index (χ3v) is 3.16. The fraction of sp³-hybridized carbons (Fsp3) is 0.750. The Hall–Kier alpha value is -0.590. The molecule has 0 amide bonds. The summed E-state index contributed by atoms with van der Waals surface area (Å²) < 4.78 is 0. The summed E-state index contributed by atoms with van der Waals surface area (Å²) in [5.41, 5.74) is 0. The van der Waals surface area contributed by atoms with Crippen molar-refractivity contribution in [1.29, 1.82) is 0 Å². The van der Waals surface area contributed by atoms with E-state index in [-0.39, 0.29) is 0 Å².